The largest absolute Gasteiger partial charge is 0.444 e. The van der Waals surface area contributed by atoms with Crippen LogP contribution in [0.15, 0.2) is 28.8 Å². The molecule has 0 aliphatic carbocycles. The van der Waals surface area contributed by atoms with Gasteiger partial charge in [0.2, 0.25) is 0 Å². The summed E-state index contributed by atoms with van der Waals surface area (Å²) in [6.45, 7) is 7.60. The maximum absolute atomic E-state index is 13.5. The maximum Gasteiger partial charge on any atom is 0.410 e. The second kappa shape index (κ2) is 8.14. The number of ether oxygens (including phenoxy) is 1. The number of nitriles is 1. The Morgan fingerprint density at radius 3 is 2.80 bits per heavy atom. The number of oxazole rings is 1. The van der Waals surface area contributed by atoms with Crippen LogP contribution in [0.25, 0.3) is 11.3 Å². The highest BCUT2D eigenvalue weighted by molar-refractivity contribution is 5.90. The first-order valence-corrected chi connectivity index (χ1v) is 9.53. The van der Waals surface area contributed by atoms with Crippen molar-refractivity contribution in [2.75, 3.05) is 6.54 Å². The lowest BCUT2D eigenvalue weighted by Gasteiger charge is -2.26. The number of nitrogens with one attached hydrogen (secondary N) is 1. The second-order valence-electron chi connectivity index (χ2n) is 8.22. The zero-order chi connectivity index (χ0) is 22.1. The molecule has 0 saturated carbocycles. The van der Waals surface area contributed by atoms with E-state index in [2.05, 4.69) is 10.3 Å². The summed E-state index contributed by atoms with van der Waals surface area (Å²) < 4.78 is 24.4. The number of hydrogen-bond acceptors (Lipinski definition) is 6. The van der Waals surface area contributed by atoms with E-state index in [0.29, 0.717) is 18.5 Å². The van der Waals surface area contributed by atoms with E-state index < -0.39 is 23.4 Å². The number of hydrogen-bond donors (Lipinski definition) is 1. The Balaban J connectivity index is 1.65. The highest BCUT2D eigenvalue weighted by atomic mass is 19.1. The van der Waals surface area contributed by atoms with E-state index in [1.54, 1.807) is 31.7 Å². The number of aromatic nitrogens is 1. The number of halogens is 1. The minimum atomic E-state index is -0.636. The minimum Gasteiger partial charge on any atom is -0.444 e. The van der Waals surface area contributed by atoms with Crippen molar-refractivity contribution < 1.29 is 23.1 Å². The highest BCUT2D eigenvalue weighted by Crippen LogP contribution is 2.24. The molecule has 1 aliphatic heterocycles. The van der Waals surface area contributed by atoms with Crippen molar-refractivity contribution in [1.29, 1.82) is 5.26 Å². The number of nitrogens with zero attached hydrogens (tertiary/aromatic N) is 3. The van der Waals surface area contributed by atoms with Crippen molar-refractivity contribution >= 4 is 12.0 Å². The van der Waals surface area contributed by atoms with Gasteiger partial charge in [-0.3, -0.25) is 4.79 Å². The van der Waals surface area contributed by atoms with Crippen molar-refractivity contribution in [3.05, 3.63) is 41.7 Å². The van der Waals surface area contributed by atoms with Crippen molar-refractivity contribution in [2.45, 2.75) is 51.8 Å². The fourth-order valence-electron chi connectivity index (χ4n) is 3.23. The lowest BCUT2D eigenvalue weighted by atomic mass is 10.1. The summed E-state index contributed by atoms with van der Waals surface area (Å²) in [5.74, 6) is -1.07. The lowest BCUT2D eigenvalue weighted by molar-refractivity contribution is 0.0235. The third kappa shape index (κ3) is 4.76. The van der Waals surface area contributed by atoms with Crippen molar-refractivity contribution in [3.63, 3.8) is 0 Å². The van der Waals surface area contributed by atoms with Crippen LogP contribution in [0.5, 0.6) is 0 Å². The first-order valence-electron chi connectivity index (χ1n) is 9.53. The van der Waals surface area contributed by atoms with Crippen LogP contribution in [0.1, 0.15) is 50.4 Å². The molecule has 0 bridgehead atoms. The molecule has 2 aromatic rings. The van der Waals surface area contributed by atoms with E-state index in [4.69, 9.17) is 14.4 Å². The molecule has 30 heavy (non-hydrogen) atoms. The van der Waals surface area contributed by atoms with E-state index in [-0.39, 0.29) is 29.3 Å². The Morgan fingerprint density at radius 1 is 1.40 bits per heavy atom. The van der Waals surface area contributed by atoms with Gasteiger partial charge in [0.05, 0.1) is 11.8 Å². The second-order valence-corrected chi connectivity index (χ2v) is 8.22. The minimum absolute atomic E-state index is 0.0890. The molecule has 0 unspecified atom stereocenters. The zero-order valence-electron chi connectivity index (χ0n) is 17.2. The summed E-state index contributed by atoms with van der Waals surface area (Å²) in [6.07, 6.45) is 1.49. The molecule has 1 saturated heterocycles. The van der Waals surface area contributed by atoms with Crippen LogP contribution in [-0.2, 0) is 4.74 Å². The van der Waals surface area contributed by atoms with Crippen LogP contribution >= 0.6 is 0 Å². The maximum atomic E-state index is 13.5. The average molecular weight is 414 g/mol. The molecule has 1 aliphatic rings. The van der Waals surface area contributed by atoms with E-state index in [1.165, 1.54) is 18.3 Å². The van der Waals surface area contributed by atoms with Gasteiger partial charge in [0.25, 0.3) is 5.89 Å². The van der Waals surface area contributed by atoms with E-state index >= 15 is 0 Å². The predicted molar refractivity (Wildman–Crippen MR) is 105 cm³/mol. The molecule has 1 fully saturated rings. The topological polar surface area (TPSA) is 108 Å². The Labute approximate surface area is 173 Å². The Bertz CT molecular complexity index is 1010. The molecule has 3 rings (SSSR count). The average Bonchev–Trinajstić information content (AvgIpc) is 3.28. The van der Waals surface area contributed by atoms with Gasteiger partial charge < -0.3 is 19.4 Å². The summed E-state index contributed by atoms with van der Waals surface area (Å²) >= 11 is 0. The third-order valence-electron chi connectivity index (χ3n) is 4.61. The molecule has 2 atom stereocenters. The van der Waals surface area contributed by atoms with Crippen LogP contribution in [0.3, 0.4) is 0 Å². The molecule has 158 valence electrons. The Morgan fingerprint density at radius 2 is 2.13 bits per heavy atom. The van der Waals surface area contributed by atoms with Gasteiger partial charge >= 0.3 is 12.0 Å². The highest BCUT2D eigenvalue weighted by Gasteiger charge is 2.36. The van der Waals surface area contributed by atoms with Crippen LogP contribution in [0, 0.1) is 17.1 Å². The number of benzene rings is 1. The molecule has 8 nitrogen and oxygen atoms in total. The summed E-state index contributed by atoms with van der Waals surface area (Å²) in [5.41, 5.74) is -0.291. The standard InChI is InChI=1S/C21H23FN4O4/c1-12-7-15(11-26(12)20(28)30-21(2,3)4)25-18(27)19-24-10-17(29-19)13-5-6-16(22)14(8-13)9-23/h5-6,8,10,12,15H,7,11H2,1-4H3,(H,25,27)/t12-,15-/m1/s1. The predicted octanol–water partition coefficient (Wildman–Crippen LogP) is 3.48. The number of rotatable bonds is 3. The normalized spacial score (nSPS) is 18.7. The van der Waals surface area contributed by atoms with Crippen molar-refractivity contribution in [1.82, 2.24) is 15.2 Å². The fourth-order valence-corrected chi connectivity index (χ4v) is 3.23. The molecule has 1 aromatic heterocycles. The van der Waals surface area contributed by atoms with E-state index in [0.717, 1.165) is 6.07 Å². The quantitative estimate of drug-likeness (QED) is 0.824. The number of likely N-dealkylation sites (tertiary alicyclic amines) is 1. The van der Waals surface area contributed by atoms with Crippen LogP contribution in [0.4, 0.5) is 9.18 Å². The van der Waals surface area contributed by atoms with Crippen LogP contribution < -0.4 is 5.32 Å². The van der Waals surface area contributed by atoms with E-state index in [1.807, 2.05) is 6.92 Å². The molecule has 2 heterocycles. The summed E-state index contributed by atoms with van der Waals surface area (Å²) in [5, 5.41) is 11.8. The number of carbonyl (C=O) groups excluding carboxylic acids is 2. The van der Waals surface area contributed by atoms with Crippen LogP contribution in [-0.4, -0.2) is 46.1 Å². The summed E-state index contributed by atoms with van der Waals surface area (Å²) in [6, 6.07) is 5.32. The van der Waals surface area contributed by atoms with Gasteiger partial charge in [-0.2, -0.15) is 5.26 Å². The fraction of sp³-hybridized carbons (Fsp3) is 0.429. The van der Waals surface area contributed by atoms with Crippen LogP contribution in [0.2, 0.25) is 0 Å². The van der Waals surface area contributed by atoms with Gasteiger partial charge in [0.15, 0.2) is 5.76 Å². The number of carbonyl (C=O) groups is 2. The number of amides is 2. The van der Waals surface area contributed by atoms with Crippen molar-refractivity contribution in [2.24, 2.45) is 0 Å². The zero-order valence-corrected chi connectivity index (χ0v) is 17.2. The molecule has 0 radical (unpaired) electrons. The molecule has 1 aromatic carbocycles. The molecule has 1 N–H and O–H groups in total. The monoisotopic (exact) mass is 414 g/mol. The Kier molecular flexibility index (Phi) is 5.78. The van der Waals surface area contributed by atoms with Gasteiger partial charge in [-0.15, -0.1) is 0 Å². The molecule has 0 spiro atoms. The molecular formula is C21H23FN4O4. The third-order valence-corrected chi connectivity index (χ3v) is 4.61. The molecular weight excluding hydrogens is 391 g/mol. The van der Waals surface area contributed by atoms with Gasteiger partial charge in [-0.25, -0.2) is 14.2 Å². The molecule has 9 heteroatoms. The van der Waals surface area contributed by atoms with Gasteiger partial charge in [-0.1, -0.05) is 0 Å². The summed E-state index contributed by atoms with van der Waals surface area (Å²) in [7, 11) is 0. The molecule has 2 amide bonds. The first kappa shape index (κ1) is 21.3. The van der Waals surface area contributed by atoms with Gasteiger partial charge in [0, 0.05) is 24.2 Å². The Hall–Kier alpha value is -3.41. The van der Waals surface area contributed by atoms with Gasteiger partial charge in [-0.05, 0) is 52.3 Å². The van der Waals surface area contributed by atoms with Gasteiger partial charge in [0.1, 0.15) is 17.5 Å². The summed E-state index contributed by atoms with van der Waals surface area (Å²) in [4.78, 5) is 30.4. The first-order chi connectivity index (χ1) is 14.1. The smallest absolute Gasteiger partial charge is 0.410 e. The lowest BCUT2D eigenvalue weighted by Crippen LogP contribution is -2.41. The van der Waals surface area contributed by atoms with E-state index in [9.17, 15) is 14.0 Å². The SMILES string of the molecule is C[C@@H]1C[C@@H](NC(=O)c2ncc(-c3ccc(F)c(C#N)c3)o2)CN1C(=O)OC(C)(C)C. The van der Waals surface area contributed by atoms with Crippen molar-refractivity contribution in [3.8, 4) is 17.4 Å².